The Morgan fingerprint density at radius 1 is 0.938 bits per heavy atom. The van der Waals surface area contributed by atoms with Gasteiger partial charge in [0.1, 0.15) is 17.0 Å². The van der Waals surface area contributed by atoms with Gasteiger partial charge in [-0.2, -0.15) is 4.90 Å². The van der Waals surface area contributed by atoms with Crippen LogP contribution in [0.4, 0.5) is 9.59 Å². The van der Waals surface area contributed by atoms with E-state index >= 15 is 0 Å². The van der Waals surface area contributed by atoms with Gasteiger partial charge in [0.05, 0.1) is 0 Å². The van der Waals surface area contributed by atoms with Gasteiger partial charge in [-0.05, 0) is 140 Å². The number of benzene rings is 1. The predicted molar refractivity (Wildman–Crippen MR) is 195 cm³/mol. The Morgan fingerprint density at radius 3 is 2.12 bits per heavy atom. The molecule has 1 saturated carbocycles. The predicted octanol–water partition coefficient (Wildman–Crippen LogP) is 9.30. The molecule has 9 nitrogen and oxygen atoms in total. The maximum absolute atomic E-state index is 13.2. The second kappa shape index (κ2) is 18.2. The highest BCUT2D eigenvalue weighted by atomic mass is 16.6. The van der Waals surface area contributed by atoms with Crippen LogP contribution in [0.5, 0.6) is 0 Å². The number of ether oxygens (including phenoxy) is 2. The Bertz CT molecular complexity index is 1470. The average molecular weight is 661 g/mol. The van der Waals surface area contributed by atoms with E-state index in [0.29, 0.717) is 18.5 Å². The van der Waals surface area contributed by atoms with Gasteiger partial charge in [-0.15, -0.1) is 0 Å². The first-order chi connectivity index (χ1) is 22.5. The van der Waals surface area contributed by atoms with Crippen LogP contribution in [0, 0.1) is 0 Å². The summed E-state index contributed by atoms with van der Waals surface area (Å²) in [4.78, 5) is 44.0. The Balaban J connectivity index is 2.48. The summed E-state index contributed by atoms with van der Waals surface area (Å²) in [5, 5.41) is 6.27. The standard InChI is InChI=1S/C39H56N4O5/c1-12-14-20-31(33-22-16-21-32(33)28(4)42-26-29-18-15-19-30(25-29)35(44)40-11)27(3)23-24-41-34(17-13-2)43(36(45)47-38(5,6)7)37(46)48-39(8,9)10/h14-15,17-20,23-25,42H,12-13,16,21-22,26H2,1-11H3,(H,40,44)/b20-14+,27-23+,32-28+,33-31?,34-17-,41-24-. The monoisotopic (exact) mass is 660 g/mol. The van der Waals surface area contributed by atoms with Gasteiger partial charge in [-0.25, -0.2) is 14.6 Å². The van der Waals surface area contributed by atoms with Crippen molar-refractivity contribution >= 4 is 24.3 Å². The maximum Gasteiger partial charge on any atom is 0.425 e. The summed E-state index contributed by atoms with van der Waals surface area (Å²) in [6.07, 6.45) is 12.2. The van der Waals surface area contributed by atoms with Crippen molar-refractivity contribution in [1.82, 2.24) is 15.5 Å². The second-order valence-electron chi connectivity index (χ2n) is 13.7. The zero-order valence-corrected chi connectivity index (χ0v) is 30.9. The maximum atomic E-state index is 13.2. The van der Waals surface area contributed by atoms with Crippen LogP contribution in [0.15, 0.2) is 87.4 Å². The Kier molecular flexibility index (Phi) is 15.1. The molecule has 0 aliphatic heterocycles. The summed E-state index contributed by atoms with van der Waals surface area (Å²) in [5.74, 6) is 0.0242. The van der Waals surface area contributed by atoms with Crippen molar-refractivity contribution in [3.05, 3.63) is 93.5 Å². The molecule has 0 spiro atoms. The highest BCUT2D eigenvalue weighted by Crippen LogP contribution is 2.37. The first-order valence-corrected chi connectivity index (χ1v) is 16.8. The molecular weight excluding hydrogens is 604 g/mol. The molecule has 1 aromatic carbocycles. The van der Waals surface area contributed by atoms with Crippen LogP contribution in [0.25, 0.3) is 0 Å². The molecule has 0 atom stereocenters. The zero-order chi connectivity index (χ0) is 36.1. The molecule has 0 aromatic heterocycles. The fourth-order valence-corrected chi connectivity index (χ4v) is 5.04. The van der Waals surface area contributed by atoms with Crippen molar-refractivity contribution in [3.8, 4) is 0 Å². The molecule has 0 heterocycles. The van der Waals surface area contributed by atoms with Crippen molar-refractivity contribution in [2.45, 2.75) is 119 Å². The number of amides is 3. The van der Waals surface area contributed by atoms with Gasteiger partial charge in [0, 0.05) is 31.1 Å². The average Bonchev–Trinajstić information content (AvgIpc) is 3.48. The number of nitrogens with zero attached hydrogens (tertiary/aromatic N) is 2. The number of carbonyl (C=O) groups is 3. The van der Waals surface area contributed by atoms with Crippen molar-refractivity contribution in [3.63, 3.8) is 0 Å². The second-order valence-corrected chi connectivity index (χ2v) is 13.7. The van der Waals surface area contributed by atoms with E-state index in [4.69, 9.17) is 9.47 Å². The Labute approximate surface area is 287 Å². The number of nitrogens with one attached hydrogen (secondary N) is 2. The lowest BCUT2D eigenvalue weighted by molar-refractivity contribution is 0.00804. The van der Waals surface area contributed by atoms with E-state index in [2.05, 4.69) is 41.6 Å². The highest BCUT2D eigenvalue weighted by Gasteiger charge is 2.34. The third kappa shape index (κ3) is 12.7. The van der Waals surface area contributed by atoms with Gasteiger partial charge in [0.15, 0.2) is 0 Å². The van der Waals surface area contributed by atoms with E-state index in [0.717, 1.165) is 53.0 Å². The van der Waals surface area contributed by atoms with E-state index < -0.39 is 23.4 Å². The largest absolute Gasteiger partial charge is 0.443 e. The summed E-state index contributed by atoms with van der Waals surface area (Å²) in [5.41, 5.74) is 5.81. The number of hydrogen-bond acceptors (Lipinski definition) is 7. The zero-order valence-electron chi connectivity index (χ0n) is 30.9. The molecule has 0 radical (unpaired) electrons. The van der Waals surface area contributed by atoms with Crippen LogP contribution in [0.2, 0.25) is 0 Å². The molecule has 1 aliphatic rings. The van der Waals surface area contributed by atoms with E-state index in [9.17, 15) is 14.4 Å². The van der Waals surface area contributed by atoms with E-state index in [1.807, 2.05) is 44.2 Å². The lowest BCUT2D eigenvalue weighted by Gasteiger charge is -2.28. The Hall–Kier alpha value is -4.40. The molecular formula is C39H56N4O5. The van der Waals surface area contributed by atoms with Gasteiger partial charge in [0.2, 0.25) is 0 Å². The molecule has 9 heteroatoms. The van der Waals surface area contributed by atoms with E-state index in [1.165, 1.54) is 11.1 Å². The summed E-state index contributed by atoms with van der Waals surface area (Å²) < 4.78 is 11.1. The van der Waals surface area contributed by atoms with Crippen LogP contribution in [0.3, 0.4) is 0 Å². The number of allylic oxidation sites excluding steroid dienone is 9. The fourth-order valence-electron chi connectivity index (χ4n) is 5.04. The van der Waals surface area contributed by atoms with Gasteiger partial charge in [-0.1, -0.05) is 38.1 Å². The molecule has 2 rings (SSSR count). The molecule has 0 unspecified atom stereocenters. The summed E-state index contributed by atoms with van der Waals surface area (Å²) in [6, 6.07) is 7.63. The number of imide groups is 1. The molecule has 1 aliphatic carbocycles. The number of aliphatic imine (C=N–C) groups is 1. The molecule has 1 fully saturated rings. The summed E-state index contributed by atoms with van der Waals surface area (Å²) >= 11 is 0. The topological polar surface area (TPSA) is 109 Å². The van der Waals surface area contributed by atoms with Crippen molar-refractivity contribution in [2.24, 2.45) is 4.99 Å². The SMILES string of the molecule is CC/C=C(/N=C\C=C(/C)C(/C=C/CC)=C1CCC/C1=C(/C)NCc1cccc(C(=O)NC)c1)N(C(=O)OC(C)(C)C)C(=O)OC(C)(C)C. The van der Waals surface area contributed by atoms with Gasteiger partial charge in [0.25, 0.3) is 5.91 Å². The molecule has 48 heavy (non-hydrogen) atoms. The minimum absolute atomic E-state index is 0.106. The third-order valence-corrected chi connectivity index (χ3v) is 7.21. The van der Waals surface area contributed by atoms with Crippen molar-refractivity contribution in [2.75, 3.05) is 7.05 Å². The minimum atomic E-state index is -0.855. The van der Waals surface area contributed by atoms with Crippen LogP contribution in [-0.4, -0.2) is 47.5 Å². The highest BCUT2D eigenvalue weighted by molar-refractivity contribution is 5.94. The number of carbonyl (C=O) groups excluding carboxylic acids is 3. The molecule has 2 N–H and O–H groups in total. The van der Waals surface area contributed by atoms with Gasteiger partial charge >= 0.3 is 12.2 Å². The van der Waals surface area contributed by atoms with Crippen LogP contribution in [-0.2, 0) is 16.0 Å². The number of hydrogen-bond donors (Lipinski definition) is 2. The van der Waals surface area contributed by atoms with Gasteiger partial charge < -0.3 is 20.1 Å². The summed E-state index contributed by atoms with van der Waals surface area (Å²) in [7, 11) is 1.63. The Morgan fingerprint density at radius 2 is 1.56 bits per heavy atom. The molecule has 3 amide bonds. The third-order valence-electron chi connectivity index (χ3n) is 7.21. The minimum Gasteiger partial charge on any atom is -0.443 e. The molecule has 0 saturated heterocycles. The quantitative estimate of drug-likeness (QED) is 0.229. The van der Waals surface area contributed by atoms with Crippen molar-refractivity contribution < 1.29 is 23.9 Å². The molecule has 0 bridgehead atoms. The smallest absolute Gasteiger partial charge is 0.425 e. The van der Waals surface area contributed by atoms with Crippen LogP contribution >= 0.6 is 0 Å². The molecule has 1 aromatic rings. The van der Waals surface area contributed by atoms with E-state index in [1.54, 1.807) is 60.9 Å². The van der Waals surface area contributed by atoms with Crippen molar-refractivity contribution in [1.29, 1.82) is 0 Å². The van der Waals surface area contributed by atoms with Gasteiger partial charge in [-0.3, -0.25) is 4.79 Å². The lowest BCUT2D eigenvalue weighted by Crippen LogP contribution is -2.42. The van der Waals surface area contributed by atoms with Crippen LogP contribution < -0.4 is 10.6 Å². The molecule has 262 valence electrons. The lowest BCUT2D eigenvalue weighted by atomic mass is 9.95. The van der Waals surface area contributed by atoms with E-state index in [-0.39, 0.29) is 11.7 Å². The number of rotatable bonds is 11. The van der Waals surface area contributed by atoms with Crippen LogP contribution in [0.1, 0.15) is 117 Å². The first-order valence-electron chi connectivity index (χ1n) is 16.8. The normalized spacial score (nSPS) is 16.6. The fraction of sp³-hybridized carbons (Fsp3) is 0.487. The first kappa shape index (κ1) is 39.8. The summed E-state index contributed by atoms with van der Waals surface area (Å²) in [6.45, 7) is 19.2.